The van der Waals surface area contributed by atoms with E-state index in [1.807, 2.05) is 35.2 Å². The first-order valence-electron chi connectivity index (χ1n) is 8.00. The van der Waals surface area contributed by atoms with Gasteiger partial charge in [0.15, 0.2) is 0 Å². The van der Waals surface area contributed by atoms with Gasteiger partial charge in [0.2, 0.25) is 11.8 Å². The van der Waals surface area contributed by atoms with Gasteiger partial charge in [-0.3, -0.25) is 9.59 Å². The van der Waals surface area contributed by atoms with Gasteiger partial charge in [0.1, 0.15) is 5.75 Å². The van der Waals surface area contributed by atoms with Crippen LogP contribution in [-0.4, -0.2) is 48.3 Å². The molecule has 0 aliphatic carbocycles. The number of piperidine rings is 1. The molecule has 1 aliphatic rings. The number of alkyl halides is 1. The van der Waals surface area contributed by atoms with Gasteiger partial charge in [0.05, 0.1) is 13.0 Å². The summed E-state index contributed by atoms with van der Waals surface area (Å²) in [6, 6.07) is 9.63. The number of nitrogens with one attached hydrogen (secondary N) is 1. The molecule has 0 bridgehead atoms. The van der Waals surface area contributed by atoms with Crippen LogP contribution in [0.4, 0.5) is 0 Å². The number of hydrogen-bond donors (Lipinski definition) is 1. The van der Waals surface area contributed by atoms with Gasteiger partial charge in [-0.25, -0.2) is 0 Å². The van der Waals surface area contributed by atoms with Gasteiger partial charge < -0.3 is 15.0 Å². The van der Waals surface area contributed by atoms with E-state index in [9.17, 15) is 9.59 Å². The highest BCUT2D eigenvalue weighted by Gasteiger charge is 2.23. The lowest BCUT2D eigenvalue weighted by Crippen LogP contribution is -2.46. The number of amides is 2. The molecule has 1 saturated heterocycles. The summed E-state index contributed by atoms with van der Waals surface area (Å²) in [7, 11) is 0. The fourth-order valence-corrected chi connectivity index (χ4v) is 2.76. The minimum atomic E-state index is -0.0129. The van der Waals surface area contributed by atoms with Crippen LogP contribution in [0.1, 0.15) is 25.7 Å². The average Bonchev–Trinajstić information content (AvgIpc) is 2.56. The second-order valence-corrected chi connectivity index (χ2v) is 5.95. The lowest BCUT2D eigenvalue weighted by atomic mass is 10.0. The zero-order chi connectivity index (χ0) is 16.5. The monoisotopic (exact) mass is 338 g/mol. The number of likely N-dealkylation sites (tertiary alicyclic amines) is 1. The van der Waals surface area contributed by atoms with Crippen LogP contribution >= 0.6 is 11.6 Å². The molecule has 0 aromatic heterocycles. The summed E-state index contributed by atoms with van der Waals surface area (Å²) in [5.74, 6) is 1.21. The minimum absolute atomic E-state index is 0.0129. The standard InChI is InChI=1S/C17H23ClN2O3/c18-10-6-16(21)19-14-7-11-20(12-8-14)17(22)9-13-23-15-4-2-1-3-5-15/h1-5,14H,6-13H2,(H,19,21). The Labute approximate surface area is 141 Å². The second-order valence-electron chi connectivity index (χ2n) is 5.57. The van der Waals surface area contributed by atoms with Crippen LogP contribution in [-0.2, 0) is 9.59 Å². The van der Waals surface area contributed by atoms with Crippen LogP contribution in [0.5, 0.6) is 5.75 Å². The molecule has 0 saturated carbocycles. The summed E-state index contributed by atoms with van der Waals surface area (Å²) >= 11 is 5.55. The first-order valence-corrected chi connectivity index (χ1v) is 8.53. The molecule has 1 heterocycles. The molecular weight excluding hydrogens is 316 g/mol. The molecule has 1 fully saturated rings. The maximum Gasteiger partial charge on any atom is 0.225 e. The van der Waals surface area contributed by atoms with Crippen LogP contribution in [0.3, 0.4) is 0 Å². The van der Waals surface area contributed by atoms with Gasteiger partial charge >= 0.3 is 0 Å². The Morgan fingerprint density at radius 3 is 2.52 bits per heavy atom. The number of rotatable bonds is 7. The summed E-state index contributed by atoms with van der Waals surface area (Å²) in [5.41, 5.74) is 0. The van der Waals surface area contributed by atoms with E-state index in [4.69, 9.17) is 16.3 Å². The summed E-state index contributed by atoms with van der Waals surface area (Å²) in [5, 5.41) is 2.96. The van der Waals surface area contributed by atoms with Gasteiger partial charge in [-0.15, -0.1) is 11.6 Å². The van der Waals surface area contributed by atoms with E-state index in [2.05, 4.69) is 5.32 Å². The van der Waals surface area contributed by atoms with Crippen molar-refractivity contribution in [3.8, 4) is 5.75 Å². The number of nitrogens with zero attached hydrogens (tertiary/aromatic N) is 1. The summed E-state index contributed by atoms with van der Waals surface area (Å²) < 4.78 is 5.55. The molecule has 2 amide bonds. The molecule has 1 aliphatic heterocycles. The third kappa shape index (κ3) is 6.10. The van der Waals surface area contributed by atoms with Gasteiger partial charge in [-0.05, 0) is 25.0 Å². The quantitative estimate of drug-likeness (QED) is 0.775. The number of benzene rings is 1. The van der Waals surface area contributed by atoms with Crippen molar-refractivity contribution in [1.29, 1.82) is 0 Å². The Balaban J connectivity index is 1.64. The summed E-state index contributed by atoms with van der Waals surface area (Å²) in [6.45, 7) is 1.74. The number of para-hydroxylation sites is 1. The van der Waals surface area contributed by atoms with Crippen molar-refractivity contribution in [3.05, 3.63) is 30.3 Å². The van der Waals surface area contributed by atoms with Crippen LogP contribution in [0, 0.1) is 0 Å². The molecule has 0 unspecified atom stereocenters. The predicted octanol–water partition coefficient (Wildman–Crippen LogP) is 2.19. The zero-order valence-corrected chi connectivity index (χ0v) is 13.9. The molecule has 0 radical (unpaired) electrons. The first-order chi connectivity index (χ1) is 11.2. The third-order valence-electron chi connectivity index (χ3n) is 3.86. The first kappa shape index (κ1) is 17.6. The molecular formula is C17H23ClN2O3. The molecule has 1 aromatic rings. The van der Waals surface area contributed by atoms with Crippen molar-refractivity contribution in [3.63, 3.8) is 0 Å². The molecule has 0 spiro atoms. The van der Waals surface area contributed by atoms with Gasteiger partial charge in [-0.1, -0.05) is 18.2 Å². The number of carbonyl (C=O) groups excluding carboxylic acids is 2. The van der Waals surface area contributed by atoms with Crippen molar-refractivity contribution < 1.29 is 14.3 Å². The van der Waals surface area contributed by atoms with Crippen molar-refractivity contribution in [2.75, 3.05) is 25.6 Å². The Kier molecular flexibility index (Phi) is 7.20. The molecule has 23 heavy (non-hydrogen) atoms. The Bertz CT molecular complexity index is 502. The fourth-order valence-electron chi connectivity index (χ4n) is 2.59. The largest absolute Gasteiger partial charge is 0.493 e. The summed E-state index contributed by atoms with van der Waals surface area (Å²) in [6.07, 6.45) is 2.30. The van der Waals surface area contributed by atoms with E-state index < -0.39 is 0 Å². The third-order valence-corrected chi connectivity index (χ3v) is 4.05. The minimum Gasteiger partial charge on any atom is -0.493 e. The summed E-state index contributed by atoms with van der Waals surface area (Å²) in [4.78, 5) is 25.5. The Morgan fingerprint density at radius 2 is 1.87 bits per heavy atom. The van der Waals surface area contributed by atoms with E-state index in [0.29, 0.717) is 38.4 Å². The number of halogens is 1. The molecule has 1 aromatic carbocycles. The maximum atomic E-state index is 12.2. The van der Waals surface area contributed by atoms with Crippen LogP contribution in [0.15, 0.2) is 30.3 Å². The molecule has 126 valence electrons. The SMILES string of the molecule is O=C(CCCl)NC1CCN(C(=O)CCOc2ccccc2)CC1. The van der Waals surface area contributed by atoms with E-state index in [0.717, 1.165) is 18.6 Å². The van der Waals surface area contributed by atoms with E-state index in [1.54, 1.807) is 0 Å². The van der Waals surface area contributed by atoms with Crippen LogP contribution in [0.2, 0.25) is 0 Å². The maximum absolute atomic E-state index is 12.2. The predicted molar refractivity (Wildman–Crippen MR) is 89.6 cm³/mol. The Morgan fingerprint density at radius 1 is 1.17 bits per heavy atom. The zero-order valence-electron chi connectivity index (χ0n) is 13.2. The van der Waals surface area contributed by atoms with E-state index >= 15 is 0 Å². The van der Waals surface area contributed by atoms with Crippen molar-refractivity contribution in [1.82, 2.24) is 10.2 Å². The number of ether oxygens (including phenoxy) is 1. The molecule has 5 nitrogen and oxygen atoms in total. The molecule has 2 rings (SSSR count). The smallest absolute Gasteiger partial charge is 0.225 e. The van der Waals surface area contributed by atoms with Gasteiger partial charge in [0.25, 0.3) is 0 Å². The lowest BCUT2D eigenvalue weighted by molar-refractivity contribution is -0.132. The molecule has 1 N–H and O–H groups in total. The van der Waals surface area contributed by atoms with Crippen LogP contribution < -0.4 is 10.1 Å². The van der Waals surface area contributed by atoms with Crippen molar-refractivity contribution in [2.24, 2.45) is 0 Å². The average molecular weight is 339 g/mol. The van der Waals surface area contributed by atoms with E-state index in [1.165, 1.54) is 0 Å². The lowest BCUT2D eigenvalue weighted by Gasteiger charge is -2.32. The van der Waals surface area contributed by atoms with E-state index in [-0.39, 0.29) is 17.9 Å². The highest BCUT2D eigenvalue weighted by molar-refractivity contribution is 6.18. The number of hydrogen-bond acceptors (Lipinski definition) is 3. The van der Waals surface area contributed by atoms with Gasteiger partial charge in [-0.2, -0.15) is 0 Å². The van der Waals surface area contributed by atoms with Crippen molar-refractivity contribution >= 4 is 23.4 Å². The number of carbonyl (C=O) groups is 2. The molecule has 6 heteroatoms. The fraction of sp³-hybridized carbons (Fsp3) is 0.529. The van der Waals surface area contributed by atoms with Gasteiger partial charge in [0, 0.05) is 31.4 Å². The Hall–Kier alpha value is -1.75. The molecule has 0 atom stereocenters. The second kappa shape index (κ2) is 9.40. The normalized spacial score (nSPS) is 15.3. The van der Waals surface area contributed by atoms with Crippen molar-refractivity contribution in [2.45, 2.75) is 31.7 Å². The highest BCUT2D eigenvalue weighted by Crippen LogP contribution is 2.13. The van der Waals surface area contributed by atoms with Crippen LogP contribution in [0.25, 0.3) is 0 Å². The highest BCUT2D eigenvalue weighted by atomic mass is 35.5. The topological polar surface area (TPSA) is 58.6 Å².